The Labute approximate surface area is 65.0 Å². The van der Waals surface area contributed by atoms with E-state index < -0.39 is 0 Å². The van der Waals surface area contributed by atoms with Gasteiger partial charge < -0.3 is 0 Å². The molecule has 0 rings (SSSR count). The molecule has 0 saturated heterocycles. The summed E-state index contributed by atoms with van der Waals surface area (Å²) in [6.07, 6.45) is 14.3. The van der Waals surface area contributed by atoms with Crippen LogP contribution < -0.4 is 0 Å². The van der Waals surface area contributed by atoms with Gasteiger partial charge >= 0.3 is 0 Å². The predicted octanol–water partition coefficient (Wildman–Crippen LogP) is 2.55. The second-order valence-electron chi connectivity index (χ2n) is 2.70. The van der Waals surface area contributed by atoms with Crippen molar-refractivity contribution in [3.63, 3.8) is 0 Å². The standard InChI is InChI=1S/C8H14.C2H2/c1-5-8(4)6-7(2)3;1-2/h1,7-8H,6H2,2-4H3;1-2H. The number of hydrogen-bond donors (Lipinski definition) is 0. The zero-order valence-corrected chi connectivity index (χ0v) is 7.09. The van der Waals surface area contributed by atoms with Crippen LogP contribution in [0.5, 0.6) is 0 Å². The van der Waals surface area contributed by atoms with E-state index in [-0.39, 0.29) is 0 Å². The molecule has 0 heterocycles. The first-order valence-electron chi connectivity index (χ1n) is 3.46. The molecule has 0 amide bonds. The van der Waals surface area contributed by atoms with E-state index in [2.05, 4.69) is 39.5 Å². The lowest BCUT2D eigenvalue weighted by Crippen LogP contribution is -1.95. The lowest BCUT2D eigenvalue weighted by atomic mass is 10.0. The summed E-state index contributed by atoms with van der Waals surface area (Å²) in [5.74, 6) is 3.89. The zero-order valence-electron chi connectivity index (χ0n) is 7.09. The Morgan fingerprint density at radius 3 is 1.70 bits per heavy atom. The molecule has 1 unspecified atom stereocenters. The van der Waals surface area contributed by atoms with Crippen molar-refractivity contribution in [3.05, 3.63) is 0 Å². The summed E-state index contributed by atoms with van der Waals surface area (Å²) in [5.41, 5.74) is 0. The fourth-order valence-electron chi connectivity index (χ4n) is 0.775. The van der Waals surface area contributed by atoms with E-state index in [9.17, 15) is 0 Å². The highest BCUT2D eigenvalue weighted by Crippen LogP contribution is 2.08. The quantitative estimate of drug-likeness (QED) is 0.512. The van der Waals surface area contributed by atoms with Gasteiger partial charge in [0, 0.05) is 5.92 Å². The molecular weight excluding hydrogens is 120 g/mol. The Balaban J connectivity index is 0. The van der Waals surface area contributed by atoms with Crippen LogP contribution in [0.15, 0.2) is 0 Å². The van der Waals surface area contributed by atoms with Crippen molar-refractivity contribution in [2.75, 3.05) is 0 Å². The van der Waals surface area contributed by atoms with Crippen LogP contribution in [0.2, 0.25) is 0 Å². The van der Waals surface area contributed by atoms with Gasteiger partial charge in [-0.25, -0.2) is 0 Å². The highest BCUT2D eigenvalue weighted by atomic mass is 14.0. The van der Waals surface area contributed by atoms with E-state index in [1.807, 2.05) is 0 Å². The third kappa shape index (κ3) is 10.2. The van der Waals surface area contributed by atoms with Crippen LogP contribution in [-0.2, 0) is 0 Å². The van der Waals surface area contributed by atoms with Gasteiger partial charge in [-0.3, -0.25) is 0 Å². The maximum Gasteiger partial charge on any atom is 0.0174 e. The van der Waals surface area contributed by atoms with Gasteiger partial charge in [-0.15, -0.1) is 25.2 Å². The van der Waals surface area contributed by atoms with Crippen molar-refractivity contribution in [1.82, 2.24) is 0 Å². The number of rotatable bonds is 2. The lowest BCUT2D eigenvalue weighted by molar-refractivity contribution is 0.514. The maximum absolute atomic E-state index is 5.17. The summed E-state index contributed by atoms with van der Waals surface area (Å²) >= 11 is 0. The highest BCUT2D eigenvalue weighted by molar-refractivity contribution is 4.90. The van der Waals surface area contributed by atoms with Crippen LogP contribution in [-0.4, -0.2) is 0 Å². The van der Waals surface area contributed by atoms with Crippen LogP contribution in [0, 0.1) is 37.0 Å². The van der Waals surface area contributed by atoms with Gasteiger partial charge in [0.05, 0.1) is 0 Å². The van der Waals surface area contributed by atoms with E-state index >= 15 is 0 Å². The molecule has 10 heavy (non-hydrogen) atoms. The Morgan fingerprint density at radius 1 is 1.20 bits per heavy atom. The van der Waals surface area contributed by atoms with Gasteiger partial charge in [0.15, 0.2) is 0 Å². The second-order valence-corrected chi connectivity index (χ2v) is 2.70. The summed E-state index contributed by atoms with van der Waals surface area (Å²) in [7, 11) is 0. The van der Waals surface area contributed by atoms with Crippen molar-refractivity contribution in [1.29, 1.82) is 0 Å². The minimum Gasteiger partial charge on any atom is -0.124 e. The van der Waals surface area contributed by atoms with Gasteiger partial charge in [0.25, 0.3) is 0 Å². The third-order valence-electron chi connectivity index (χ3n) is 1.11. The molecule has 1 atom stereocenters. The van der Waals surface area contributed by atoms with Crippen molar-refractivity contribution in [2.24, 2.45) is 11.8 Å². The van der Waals surface area contributed by atoms with Gasteiger partial charge in [0.2, 0.25) is 0 Å². The third-order valence-corrected chi connectivity index (χ3v) is 1.11. The largest absolute Gasteiger partial charge is 0.124 e. The van der Waals surface area contributed by atoms with Crippen LogP contribution in [0.3, 0.4) is 0 Å². The molecule has 0 aromatic rings. The Hall–Kier alpha value is -0.880. The van der Waals surface area contributed by atoms with Crippen LogP contribution in [0.4, 0.5) is 0 Å². The van der Waals surface area contributed by atoms with Crippen molar-refractivity contribution < 1.29 is 0 Å². The average Bonchev–Trinajstić information content (AvgIpc) is 1.91. The first-order valence-corrected chi connectivity index (χ1v) is 3.46. The summed E-state index contributed by atoms with van der Waals surface area (Å²) in [4.78, 5) is 0. The minimum atomic E-state index is 0.454. The maximum atomic E-state index is 5.17. The highest BCUT2D eigenvalue weighted by Gasteiger charge is 1.98. The van der Waals surface area contributed by atoms with E-state index in [1.165, 1.54) is 0 Å². The van der Waals surface area contributed by atoms with Gasteiger partial charge in [0.1, 0.15) is 0 Å². The van der Waals surface area contributed by atoms with Crippen molar-refractivity contribution in [3.8, 4) is 25.2 Å². The van der Waals surface area contributed by atoms with Crippen LogP contribution >= 0.6 is 0 Å². The molecule has 0 N–H and O–H groups in total. The van der Waals surface area contributed by atoms with Crippen LogP contribution in [0.1, 0.15) is 27.2 Å². The summed E-state index contributed by atoms with van der Waals surface area (Å²) < 4.78 is 0. The fourth-order valence-corrected chi connectivity index (χ4v) is 0.775. The molecule has 0 saturated carbocycles. The average molecular weight is 136 g/mol. The monoisotopic (exact) mass is 136 g/mol. The molecule has 0 aromatic carbocycles. The predicted molar refractivity (Wildman–Crippen MR) is 47.3 cm³/mol. The van der Waals surface area contributed by atoms with Crippen LogP contribution in [0.25, 0.3) is 0 Å². The molecule has 0 aliphatic rings. The van der Waals surface area contributed by atoms with Crippen molar-refractivity contribution >= 4 is 0 Å². The molecule has 0 radical (unpaired) electrons. The van der Waals surface area contributed by atoms with E-state index in [0.717, 1.165) is 12.3 Å². The molecule has 0 bridgehead atoms. The summed E-state index contributed by atoms with van der Waals surface area (Å²) in [6.45, 7) is 6.46. The summed E-state index contributed by atoms with van der Waals surface area (Å²) in [5, 5.41) is 0. The fraction of sp³-hybridized carbons (Fsp3) is 0.600. The van der Waals surface area contributed by atoms with E-state index in [0.29, 0.717) is 5.92 Å². The molecule has 0 aliphatic carbocycles. The molecule has 0 aliphatic heterocycles. The lowest BCUT2D eigenvalue weighted by Gasteiger charge is -2.05. The first kappa shape index (κ1) is 11.9. The first-order chi connectivity index (χ1) is 4.66. The Morgan fingerprint density at radius 2 is 1.60 bits per heavy atom. The Kier molecular flexibility index (Phi) is 9.63. The van der Waals surface area contributed by atoms with Gasteiger partial charge in [-0.2, -0.15) is 0 Å². The summed E-state index contributed by atoms with van der Waals surface area (Å²) in [6, 6.07) is 0. The van der Waals surface area contributed by atoms with Gasteiger partial charge in [-0.1, -0.05) is 20.8 Å². The number of terminal acetylenes is 2. The molecule has 0 spiro atoms. The molecular formula is C10H16. The normalized spacial score (nSPS) is 10.9. The zero-order chi connectivity index (χ0) is 8.57. The Bertz CT molecular complexity index is 112. The van der Waals surface area contributed by atoms with Crippen molar-refractivity contribution in [2.45, 2.75) is 27.2 Å². The molecule has 0 fully saturated rings. The van der Waals surface area contributed by atoms with E-state index in [1.54, 1.807) is 0 Å². The SMILES string of the molecule is C#C.C#CC(C)CC(C)C. The minimum absolute atomic E-state index is 0.454. The number of hydrogen-bond acceptors (Lipinski definition) is 0. The van der Waals surface area contributed by atoms with Gasteiger partial charge in [-0.05, 0) is 12.3 Å². The molecule has 56 valence electrons. The second kappa shape index (κ2) is 8.12. The molecule has 0 nitrogen and oxygen atoms in total. The molecule has 0 aromatic heterocycles. The molecule has 0 heteroatoms. The van der Waals surface area contributed by atoms with E-state index in [4.69, 9.17) is 6.42 Å². The smallest absolute Gasteiger partial charge is 0.0174 e. The topological polar surface area (TPSA) is 0 Å².